The van der Waals surface area contributed by atoms with Crippen LogP contribution in [0.25, 0.3) is 0 Å². The Balaban J connectivity index is 2.38. The van der Waals surface area contributed by atoms with Crippen LogP contribution in [-0.4, -0.2) is 12.6 Å². The molecule has 1 atom stereocenters. The maximum Gasteiger partial charge on any atom is 0.0684 e. The van der Waals surface area contributed by atoms with Crippen molar-refractivity contribution in [3.63, 3.8) is 0 Å². The highest BCUT2D eigenvalue weighted by Crippen LogP contribution is 2.40. The predicted molar refractivity (Wildman–Crippen MR) is 62.1 cm³/mol. The predicted octanol–water partition coefficient (Wildman–Crippen LogP) is 2.96. The monoisotopic (exact) mass is 193 g/mol. The first-order valence-corrected chi connectivity index (χ1v) is 5.96. The number of rotatable bonds is 5. The zero-order valence-electron chi connectivity index (χ0n) is 9.60. The fraction of sp³-hybridized carbons (Fsp3) is 0.846. The summed E-state index contributed by atoms with van der Waals surface area (Å²) in [5, 5.41) is 3.52. The lowest BCUT2D eigenvalue weighted by Crippen LogP contribution is -2.37. The Morgan fingerprint density at radius 2 is 2.00 bits per heavy atom. The van der Waals surface area contributed by atoms with E-state index in [0.717, 1.165) is 13.0 Å². The fourth-order valence-corrected chi connectivity index (χ4v) is 2.44. The van der Waals surface area contributed by atoms with Crippen molar-refractivity contribution in [3.05, 3.63) is 0 Å². The standard InChI is InChI=1S/C13H23N/c1-4-12(5-2)14-11-13(6-3)9-7-8-10-13/h1,12,14H,5-11H2,2-3H3. The van der Waals surface area contributed by atoms with Crippen molar-refractivity contribution in [2.24, 2.45) is 5.41 Å². The number of hydrogen-bond acceptors (Lipinski definition) is 1. The molecule has 1 saturated carbocycles. The highest BCUT2D eigenvalue weighted by molar-refractivity contribution is 4.99. The molecule has 1 fully saturated rings. The van der Waals surface area contributed by atoms with E-state index in [2.05, 4.69) is 25.1 Å². The molecule has 1 nitrogen and oxygen atoms in total. The van der Waals surface area contributed by atoms with Crippen LogP contribution in [0.3, 0.4) is 0 Å². The molecule has 1 heteroatoms. The summed E-state index contributed by atoms with van der Waals surface area (Å²) >= 11 is 0. The lowest BCUT2D eigenvalue weighted by Gasteiger charge is -2.29. The second-order valence-electron chi connectivity index (χ2n) is 4.57. The molecular weight excluding hydrogens is 170 g/mol. The molecule has 0 amide bonds. The van der Waals surface area contributed by atoms with Crippen molar-refractivity contribution in [2.45, 2.75) is 58.4 Å². The maximum atomic E-state index is 5.44. The van der Waals surface area contributed by atoms with Crippen molar-refractivity contribution >= 4 is 0 Å². The smallest absolute Gasteiger partial charge is 0.0684 e. The zero-order chi connectivity index (χ0) is 10.4. The van der Waals surface area contributed by atoms with Crippen LogP contribution >= 0.6 is 0 Å². The molecule has 0 radical (unpaired) electrons. The molecule has 0 heterocycles. The van der Waals surface area contributed by atoms with Gasteiger partial charge in [0.25, 0.3) is 0 Å². The minimum absolute atomic E-state index is 0.277. The molecule has 1 aliphatic rings. The summed E-state index contributed by atoms with van der Waals surface area (Å²) in [6.07, 6.45) is 13.4. The topological polar surface area (TPSA) is 12.0 Å². The Labute approximate surface area is 88.7 Å². The van der Waals surface area contributed by atoms with Crippen molar-refractivity contribution < 1.29 is 0 Å². The molecule has 0 saturated heterocycles. The van der Waals surface area contributed by atoms with Crippen LogP contribution < -0.4 is 5.32 Å². The van der Waals surface area contributed by atoms with Crippen molar-refractivity contribution in [3.8, 4) is 12.3 Å². The number of hydrogen-bond donors (Lipinski definition) is 1. The van der Waals surface area contributed by atoms with E-state index in [0.29, 0.717) is 5.41 Å². The maximum absolute atomic E-state index is 5.44. The summed E-state index contributed by atoms with van der Waals surface area (Å²) in [4.78, 5) is 0. The van der Waals surface area contributed by atoms with E-state index in [4.69, 9.17) is 6.42 Å². The summed E-state index contributed by atoms with van der Waals surface area (Å²) in [5.41, 5.74) is 0.560. The van der Waals surface area contributed by atoms with Crippen LogP contribution in [0.15, 0.2) is 0 Å². The Morgan fingerprint density at radius 3 is 2.43 bits per heavy atom. The van der Waals surface area contributed by atoms with E-state index in [9.17, 15) is 0 Å². The van der Waals surface area contributed by atoms with Gasteiger partial charge in [0.15, 0.2) is 0 Å². The largest absolute Gasteiger partial charge is 0.303 e. The van der Waals surface area contributed by atoms with Crippen LogP contribution in [0.1, 0.15) is 52.4 Å². The molecule has 1 aliphatic carbocycles. The van der Waals surface area contributed by atoms with E-state index < -0.39 is 0 Å². The van der Waals surface area contributed by atoms with Gasteiger partial charge in [-0.2, -0.15) is 0 Å². The van der Waals surface area contributed by atoms with Gasteiger partial charge in [-0.1, -0.05) is 32.6 Å². The third kappa shape index (κ3) is 2.75. The van der Waals surface area contributed by atoms with Crippen LogP contribution in [0.5, 0.6) is 0 Å². The Kier molecular flexibility index (Phi) is 4.48. The van der Waals surface area contributed by atoms with Gasteiger partial charge in [-0.15, -0.1) is 6.42 Å². The lowest BCUT2D eigenvalue weighted by molar-refractivity contribution is 0.262. The van der Waals surface area contributed by atoms with Gasteiger partial charge in [0.1, 0.15) is 0 Å². The van der Waals surface area contributed by atoms with Crippen molar-refractivity contribution in [1.82, 2.24) is 5.32 Å². The van der Waals surface area contributed by atoms with Crippen LogP contribution in [-0.2, 0) is 0 Å². The summed E-state index contributed by atoms with van der Waals surface area (Å²) < 4.78 is 0. The Morgan fingerprint density at radius 1 is 1.36 bits per heavy atom. The molecule has 0 aromatic heterocycles. The molecular formula is C13H23N. The average Bonchev–Trinajstić information content (AvgIpc) is 2.69. The summed E-state index contributed by atoms with van der Waals surface area (Å²) in [7, 11) is 0. The van der Waals surface area contributed by atoms with E-state index in [1.165, 1.54) is 32.1 Å². The normalized spacial score (nSPS) is 21.8. The van der Waals surface area contributed by atoms with E-state index >= 15 is 0 Å². The molecule has 1 N–H and O–H groups in total. The quantitative estimate of drug-likeness (QED) is 0.662. The zero-order valence-corrected chi connectivity index (χ0v) is 9.60. The fourth-order valence-electron chi connectivity index (χ4n) is 2.44. The van der Waals surface area contributed by atoms with Crippen molar-refractivity contribution in [2.75, 3.05) is 6.54 Å². The van der Waals surface area contributed by atoms with Gasteiger partial charge in [0.2, 0.25) is 0 Å². The van der Waals surface area contributed by atoms with Gasteiger partial charge >= 0.3 is 0 Å². The van der Waals surface area contributed by atoms with Gasteiger partial charge in [-0.05, 0) is 31.1 Å². The minimum atomic E-state index is 0.277. The molecule has 1 rings (SSSR count). The van der Waals surface area contributed by atoms with Gasteiger partial charge in [-0.25, -0.2) is 0 Å². The van der Waals surface area contributed by atoms with Crippen LogP contribution in [0.2, 0.25) is 0 Å². The van der Waals surface area contributed by atoms with E-state index in [-0.39, 0.29) is 6.04 Å². The first kappa shape index (κ1) is 11.6. The van der Waals surface area contributed by atoms with Crippen molar-refractivity contribution in [1.29, 1.82) is 0 Å². The van der Waals surface area contributed by atoms with E-state index in [1.807, 2.05) is 0 Å². The highest BCUT2D eigenvalue weighted by Gasteiger charge is 2.31. The molecule has 14 heavy (non-hydrogen) atoms. The summed E-state index contributed by atoms with van der Waals surface area (Å²) in [5.74, 6) is 2.81. The minimum Gasteiger partial charge on any atom is -0.303 e. The third-order valence-corrected chi connectivity index (χ3v) is 3.75. The number of nitrogens with one attached hydrogen (secondary N) is 1. The van der Waals surface area contributed by atoms with Gasteiger partial charge in [-0.3, -0.25) is 0 Å². The summed E-state index contributed by atoms with van der Waals surface area (Å²) in [6, 6.07) is 0.277. The Bertz CT molecular complexity index is 196. The Hall–Kier alpha value is -0.480. The lowest BCUT2D eigenvalue weighted by atomic mass is 9.83. The first-order chi connectivity index (χ1) is 6.76. The number of terminal acetylenes is 1. The molecule has 0 bridgehead atoms. The van der Waals surface area contributed by atoms with E-state index in [1.54, 1.807) is 0 Å². The summed E-state index contributed by atoms with van der Waals surface area (Å²) in [6.45, 7) is 5.57. The first-order valence-electron chi connectivity index (χ1n) is 5.96. The molecule has 0 spiro atoms. The second-order valence-corrected chi connectivity index (χ2v) is 4.57. The van der Waals surface area contributed by atoms with Gasteiger partial charge < -0.3 is 5.32 Å². The second kappa shape index (κ2) is 5.41. The van der Waals surface area contributed by atoms with Crippen LogP contribution in [0, 0.1) is 17.8 Å². The highest BCUT2D eigenvalue weighted by atomic mass is 14.9. The molecule has 0 aromatic carbocycles. The third-order valence-electron chi connectivity index (χ3n) is 3.75. The molecule has 0 aliphatic heterocycles. The molecule has 1 unspecified atom stereocenters. The van der Waals surface area contributed by atoms with Gasteiger partial charge in [0.05, 0.1) is 6.04 Å². The molecule has 80 valence electrons. The average molecular weight is 193 g/mol. The van der Waals surface area contributed by atoms with Gasteiger partial charge in [0, 0.05) is 6.54 Å². The SMILES string of the molecule is C#CC(CC)NCC1(CC)CCCC1. The molecule has 0 aromatic rings. The van der Waals surface area contributed by atoms with Crippen LogP contribution in [0.4, 0.5) is 0 Å².